The molecule has 0 amide bonds. The Morgan fingerprint density at radius 2 is 1.69 bits per heavy atom. The molecule has 0 saturated carbocycles. The SMILES string of the molecule is C.CC1=C/C(=C/C=C/c2ccc(N(C)C)cc2)C2=C1C=C(C(C)C)C=CC2C.[I-]. The monoisotopic (exact) mass is 500 g/mol. The van der Waals surface area contributed by atoms with E-state index in [1.165, 1.54) is 39.1 Å². The molecule has 0 heterocycles. The second kappa shape index (κ2) is 10.8. The van der Waals surface area contributed by atoms with E-state index in [0.717, 1.165) is 0 Å². The van der Waals surface area contributed by atoms with Crippen molar-refractivity contribution in [1.29, 1.82) is 0 Å². The quantitative estimate of drug-likeness (QED) is 0.555. The van der Waals surface area contributed by atoms with Crippen LogP contribution in [0.4, 0.5) is 5.69 Å². The molecule has 1 atom stereocenters. The second-order valence-electron chi connectivity index (χ2n) is 8.07. The fourth-order valence-electron chi connectivity index (χ4n) is 3.67. The summed E-state index contributed by atoms with van der Waals surface area (Å²) in [4.78, 5) is 2.12. The first kappa shape index (κ1) is 25.2. The number of hydrogen-bond donors (Lipinski definition) is 0. The van der Waals surface area contributed by atoms with Gasteiger partial charge in [0.25, 0.3) is 0 Å². The Balaban J connectivity index is 0.00000210. The lowest BCUT2D eigenvalue weighted by atomic mass is 9.93. The van der Waals surface area contributed by atoms with Gasteiger partial charge in [-0.3, -0.25) is 0 Å². The summed E-state index contributed by atoms with van der Waals surface area (Å²) < 4.78 is 0. The Bertz CT molecular complexity index is 887. The summed E-state index contributed by atoms with van der Waals surface area (Å²) in [6.07, 6.45) is 16.0. The van der Waals surface area contributed by atoms with Crippen LogP contribution in [-0.2, 0) is 0 Å². The van der Waals surface area contributed by atoms with E-state index in [2.05, 4.69) is 113 Å². The third-order valence-electron chi connectivity index (χ3n) is 5.38. The van der Waals surface area contributed by atoms with E-state index in [4.69, 9.17) is 0 Å². The lowest BCUT2D eigenvalue weighted by Crippen LogP contribution is -3.00. The van der Waals surface area contributed by atoms with Crippen molar-refractivity contribution in [3.63, 3.8) is 0 Å². The van der Waals surface area contributed by atoms with E-state index in [1.54, 1.807) is 0 Å². The maximum atomic E-state index is 2.39. The van der Waals surface area contributed by atoms with Gasteiger partial charge in [0.2, 0.25) is 0 Å². The summed E-state index contributed by atoms with van der Waals surface area (Å²) in [5.41, 5.74) is 9.42. The average molecular weight is 500 g/mol. The Morgan fingerprint density at radius 3 is 2.28 bits per heavy atom. The van der Waals surface area contributed by atoms with Gasteiger partial charge in [-0.25, -0.2) is 0 Å². The summed E-state index contributed by atoms with van der Waals surface area (Å²) >= 11 is 0. The second-order valence-corrected chi connectivity index (χ2v) is 8.07. The van der Waals surface area contributed by atoms with Gasteiger partial charge < -0.3 is 28.9 Å². The van der Waals surface area contributed by atoms with Crippen LogP contribution in [0.15, 0.2) is 88.6 Å². The number of allylic oxidation sites excluding steroid dienone is 11. The maximum absolute atomic E-state index is 2.39. The molecule has 0 radical (unpaired) electrons. The van der Waals surface area contributed by atoms with Gasteiger partial charge in [-0.1, -0.05) is 82.9 Å². The van der Waals surface area contributed by atoms with Crippen molar-refractivity contribution >= 4 is 11.8 Å². The smallest absolute Gasteiger partial charge is 0.0361 e. The van der Waals surface area contributed by atoms with Crippen LogP contribution in [0.3, 0.4) is 0 Å². The van der Waals surface area contributed by atoms with Gasteiger partial charge in [-0.05, 0) is 58.4 Å². The largest absolute Gasteiger partial charge is 1.00 e. The van der Waals surface area contributed by atoms with Crippen molar-refractivity contribution in [2.24, 2.45) is 11.8 Å². The molecule has 0 aromatic heterocycles. The number of benzene rings is 1. The van der Waals surface area contributed by atoms with E-state index in [1.807, 2.05) is 0 Å². The van der Waals surface area contributed by atoms with Crippen LogP contribution in [0.25, 0.3) is 6.08 Å². The molecule has 0 aliphatic heterocycles. The van der Waals surface area contributed by atoms with Crippen LogP contribution in [0, 0.1) is 11.8 Å². The first-order valence-electron chi connectivity index (χ1n) is 9.85. The molecule has 1 nitrogen and oxygen atoms in total. The minimum absolute atomic E-state index is 0. The van der Waals surface area contributed by atoms with Gasteiger partial charge in [0.05, 0.1) is 0 Å². The first-order valence-corrected chi connectivity index (χ1v) is 9.85. The molecule has 1 aromatic carbocycles. The molecular weight excluding hydrogens is 465 g/mol. The first-order chi connectivity index (χ1) is 12.9. The van der Waals surface area contributed by atoms with E-state index >= 15 is 0 Å². The highest BCUT2D eigenvalue weighted by molar-refractivity contribution is 5.66. The third kappa shape index (κ3) is 5.85. The van der Waals surface area contributed by atoms with Gasteiger partial charge in [0.15, 0.2) is 0 Å². The normalized spacial score (nSPS) is 19.6. The highest BCUT2D eigenvalue weighted by Crippen LogP contribution is 2.39. The molecule has 1 aromatic rings. The molecule has 0 N–H and O–H groups in total. The Morgan fingerprint density at radius 1 is 1.03 bits per heavy atom. The number of nitrogens with zero attached hydrogens (tertiary/aromatic N) is 1. The van der Waals surface area contributed by atoms with Crippen molar-refractivity contribution in [2.45, 2.75) is 35.1 Å². The van der Waals surface area contributed by atoms with Crippen LogP contribution in [-0.4, -0.2) is 14.1 Å². The van der Waals surface area contributed by atoms with E-state index < -0.39 is 0 Å². The molecule has 1 unspecified atom stereocenters. The summed E-state index contributed by atoms with van der Waals surface area (Å²) in [6.45, 7) is 9.06. The van der Waals surface area contributed by atoms with Crippen molar-refractivity contribution in [1.82, 2.24) is 0 Å². The average Bonchev–Trinajstić information content (AvgIpc) is 2.82. The van der Waals surface area contributed by atoms with Crippen LogP contribution in [0.2, 0.25) is 0 Å². The molecule has 156 valence electrons. The Hall–Kier alpha value is -1.81. The fourth-order valence-corrected chi connectivity index (χ4v) is 3.67. The highest BCUT2D eigenvalue weighted by atomic mass is 127. The third-order valence-corrected chi connectivity index (χ3v) is 5.38. The standard InChI is InChI=1S/C26H31N.CH4.HI/c1-18(2)22-13-10-19(3)26-23(16-20(4)25(26)17-22)9-7-8-21-11-14-24(15-12-21)27(5)6;;/h7-19H,1-6H3;1H4;1H/p-1/b8-7+,23-9-;;. The molecule has 29 heavy (non-hydrogen) atoms. The zero-order chi connectivity index (χ0) is 19.6. The van der Waals surface area contributed by atoms with Crippen LogP contribution < -0.4 is 28.9 Å². The van der Waals surface area contributed by atoms with Crippen molar-refractivity contribution < 1.29 is 24.0 Å². The molecule has 2 heteroatoms. The maximum Gasteiger partial charge on any atom is 0.0361 e. The summed E-state index contributed by atoms with van der Waals surface area (Å²) in [5.74, 6) is 0.978. The van der Waals surface area contributed by atoms with Crippen molar-refractivity contribution in [2.75, 3.05) is 19.0 Å². The minimum Gasteiger partial charge on any atom is -1.00 e. The molecule has 2 aliphatic rings. The summed E-state index contributed by atoms with van der Waals surface area (Å²) in [5, 5.41) is 0. The minimum atomic E-state index is 0. The van der Waals surface area contributed by atoms with Gasteiger partial charge >= 0.3 is 0 Å². The number of anilines is 1. The van der Waals surface area contributed by atoms with Gasteiger partial charge in [0, 0.05) is 25.7 Å². The van der Waals surface area contributed by atoms with E-state index in [-0.39, 0.29) is 31.4 Å². The lowest BCUT2D eigenvalue weighted by Gasteiger charge is -2.12. The van der Waals surface area contributed by atoms with Crippen LogP contribution in [0.1, 0.15) is 40.7 Å². The van der Waals surface area contributed by atoms with Crippen molar-refractivity contribution in [3.05, 3.63) is 94.2 Å². The van der Waals surface area contributed by atoms with Gasteiger partial charge in [-0.15, -0.1) is 0 Å². The molecular formula is C27H35IN-. The van der Waals surface area contributed by atoms with E-state index in [0.29, 0.717) is 11.8 Å². The zero-order valence-corrected chi connectivity index (χ0v) is 20.0. The van der Waals surface area contributed by atoms with Crippen LogP contribution >= 0.6 is 0 Å². The Kier molecular flexibility index (Phi) is 9.41. The topological polar surface area (TPSA) is 3.24 Å². The van der Waals surface area contributed by atoms with Gasteiger partial charge in [-0.2, -0.15) is 0 Å². The summed E-state index contributed by atoms with van der Waals surface area (Å²) in [6, 6.07) is 8.64. The van der Waals surface area contributed by atoms with E-state index in [9.17, 15) is 0 Å². The number of halogens is 1. The lowest BCUT2D eigenvalue weighted by molar-refractivity contribution is -0.00000602. The fraction of sp³-hybridized carbons (Fsp3) is 0.333. The molecule has 0 saturated heterocycles. The Labute approximate surface area is 195 Å². The van der Waals surface area contributed by atoms with Crippen molar-refractivity contribution in [3.8, 4) is 0 Å². The predicted molar refractivity (Wildman–Crippen MR) is 127 cm³/mol. The number of rotatable bonds is 4. The molecule has 0 fully saturated rings. The highest BCUT2D eigenvalue weighted by Gasteiger charge is 2.23. The number of hydrogen-bond acceptors (Lipinski definition) is 1. The predicted octanol–water partition coefficient (Wildman–Crippen LogP) is 4.38. The molecule has 3 rings (SSSR count). The zero-order valence-electron chi connectivity index (χ0n) is 17.8. The van der Waals surface area contributed by atoms with Crippen LogP contribution in [0.5, 0.6) is 0 Å². The molecule has 2 aliphatic carbocycles. The molecule has 0 spiro atoms. The summed E-state index contributed by atoms with van der Waals surface area (Å²) in [7, 11) is 4.13. The van der Waals surface area contributed by atoms with Gasteiger partial charge in [0.1, 0.15) is 0 Å². The molecule has 0 bridgehead atoms.